The van der Waals surface area contributed by atoms with E-state index in [1.165, 1.54) is 0 Å². The van der Waals surface area contributed by atoms with E-state index < -0.39 is 0 Å². The Morgan fingerprint density at radius 3 is 2.77 bits per heavy atom. The minimum Gasteiger partial charge on any atom is -0.330 e. The van der Waals surface area contributed by atoms with E-state index in [9.17, 15) is 4.79 Å². The van der Waals surface area contributed by atoms with Crippen molar-refractivity contribution in [1.82, 2.24) is 19.7 Å². The smallest absolute Gasteiger partial charge is 0.272 e. The second-order valence-corrected chi connectivity index (χ2v) is 5.54. The quantitative estimate of drug-likeness (QED) is 0.824. The molecule has 22 heavy (non-hydrogen) atoms. The van der Waals surface area contributed by atoms with Crippen LogP contribution in [0.25, 0.3) is 0 Å². The lowest BCUT2D eigenvalue weighted by Crippen LogP contribution is -2.38. The summed E-state index contributed by atoms with van der Waals surface area (Å²) in [6.07, 6.45) is 4.46. The highest BCUT2D eigenvalue weighted by Crippen LogP contribution is 2.16. The van der Waals surface area contributed by atoms with Crippen LogP contribution in [0.5, 0.6) is 0 Å². The largest absolute Gasteiger partial charge is 0.330 e. The number of rotatable bonds is 6. The van der Waals surface area contributed by atoms with E-state index >= 15 is 0 Å². The minimum absolute atomic E-state index is 0.0284. The lowest BCUT2D eigenvalue weighted by molar-refractivity contribution is 0.0658. The van der Waals surface area contributed by atoms with E-state index in [2.05, 4.69) is 23.9 Å². The molecule has 0 spiro atoms. The second kappa shape index (κ2) is 7.20. The Bertz CT molecular complexity index is 621. The van der Waals surface area contributed by atoms with Gasteiger partial charge in [-0.2, -0.15) is 5.10 Å². The molecular weight excluding hydrogens is 276 g/mol. The Labute approximate surface area is 132 Å². The van der Waals surface area contributed by atoms with Crippen LogP contribution in [0.1, 0.15) is 48.9 Å². The maximum Gasteiger partial charge on any atom is 0.272 e. The second-order valence-electron chi connectivity index (χ2n) is 5.54. The number of amides is 1. The van der Waals surface area contributed by atoms with Crippen molar-refractivity contribution in [3.63, 3.8) is 0 Å². The van der Waals surface area contributed by atoms with Crippen molar-refractivity contribution in [2.24, 2.45) is 0 Å². The van der Waals surface area contributed by atoms with Crippen molar-refractivity contribution in [2.75, 3.05) is 0 Å². The molecule has 0 fully saturated rings. The van der Waals surface area contributed by atoms with Gasteiger partial charge in [0.15, 0.2) is 0 Å². The Kier molecular flexibility index (Phi) is 5.31. The molecule has 0 radical (unpaired) electrons. The third-order valence-electron chi connectivity index (χ3n) is 3.88. The summed E-state index contributed by atoms with van der Waals surface area (Å²) in [5.41, 5.74) is 2.57. The van der Waals surface area contributed by atoms with E-state index in [1.807, 2.05) is 43.1 Å². The normalized spacial score (nSPS) is 12.2. The molecule has 0 aliphatic heterocycles. The Morgan fingerprint density at radius 2 is 2.18 bits per heavy atom. The third-order valence-corrected chi connectivity index (χ3v) is 3.88. The number of nitrogens with zero attached hydrogens (tertiary/aromatic N) is 4. The monoisotopic (exact) mass is 300 g/mol. The fraction of sp³-hybridized carbons (Fsp3) is 0.471. The standard InChI is InChI=1S/C17H24N4O/c1-5-14(4)20(12-15-8-7-9-18-11-15)17(22)16-10-13(3)19-21(16)6-2/h7-11,14H,5-6,12H2,1-4H3. The first-order valence-corrected chi connectivity index (χ1v) is 7.81. The molecule has 118 valence electrons. The van der Waals surface area contributed by atoms with Crippen LogP contribution in [-0.4, -0.2) is 31.6 Å². The first-order chi connectivity index (χ1) is 10.6. The van der Waals surface area contributed by atoms with Gasteiger partial charge in [0.05, 0.1) is 5.69 Å². The summed E-state index contributed by atoms with van der Waals surface area (Å²) in [7, 11) is 0. The van der Waals surface area contributed by atoms with Crippen LogP contribution in [0.15, 0.2) is 30.6 Å². The molecule has 0 N–H and O–H groups in total. The average molecular weight is 300 g/mol. The molecule has 1 atom stereocenters. The molecule has 5 heteroatoms. The maximum absolute atomic E-state index is 13.0. The molecule has 0 aliphatic rings. The number of carbonyl (C=O) groups excluding carboxylic acids is 1. The van der Waals surface area contributed by atoms with Gasteiger partial charge in [-0.15, -0.1) is 0 Å². The molecule has 1 unspecified atom stereocenters. The van der Waals surface area contributed by atoms with Gasteiger partial charge < -0.3 is 4.90 Å². The van der Waals surface area contributed by atoms with Crippen LogP contribution in [0, 0.1) is 6.92 Å². The molecule has 0 aliphatic carbocycles. The van der Waals surface area contributed by atoms with Crippen molar-refractivity contribution in [2.45, 2.75) is 53.2 Å². The Morgan fingerprint density at radius 1 is 1.41 bits per heavy atom. The molecule has 0 bridgehead atoms. The molecular formula is C17H24N4O. The van der Waals surface area contributed by atoms with Crippen molar-refractivity contribution in [3.8, 4) is 0 Å². The van der Waals surface area contributed by atoms with Crippen molar-refractivity contribution in [1.29, 1.82) is 0 Å². The minimum atomic E-state index is 0.0284. The van der Waals surface area contributed by atoms with E-state index in [0.717, 1.165) is 17.7 Å². The van der Waals surface area contributed by atoms with E-state index in [4.69, 9.17) is 0 Å². The number of aromatic nitrogens is 3. The highest BCUT2D eigenvalue weighted by molar-refractivity contribution is 5.93. The van der Waals surface area contributed by atoms with Gasteiger partial charge in [0.25, 0.3) is 5.91 Å². The highest BCUT2D eigenvalue weighted by Gasteiger charge is 2.24. The zero-order valence-corrected chi connectivity index (χ0v) is 13.8. The van der Waals surface area contributed by atoms with E-state index in [-0.39, 0.29) is 11.9 Å². The fourth-order valence-corrected chi connectivity index (χ4v) is 2.44. The van der Waals surface area contributed by atoms with Crippen LogP contribution in [-0.2, 0) is 13.1 Å². The molecule has 2 aromatic heterocycles. The Balaban J connectivity index is 2.30. The number of carbonyl (C=O) groups is 1. The molecule has 2 heterocycles. The van der Waals surface area contributed by atoms with Crippen LogP contribution < -0.4 is 0 Å². The summed E-state index contributed by atoms with van der Waals surface area (Å²) < 4.78 is 1.77. The third kappa shape index (κ3) is 3.53. The SMILES string of the molecule is CCC(C)N(Cc1cccnc1)C(=O)c1cc(C)nn1CC. The number of aryl methyl sites for hydroxylation is 2. The van der Waals surface area contributed by atoms with Crippen LogP contribution in [0.2, 0.25) is 0 Å². The molecule has 1 amide bonds. The van der Waals surface area contributed by atoms with Crippen molar-refractivity contribution in [3.05, 3.63) is 47.5 Å². The predicted octanol–water partition coefficient (Wildman–Crippen LogP) is 3.05. The number of hydrogen-bond acceptors (Lipinski definition) is 3. The van der Waals surface area contributed by atoms with Gasteiger partial charge in [0.2, 0.25) is 0 Å². The van der Waals surface area contributed by atoms with Crippen LogP contribution >= 0.6 is 0 Å². The average Bonchev–Trinajstić information content (AvgIpc) is 2.93. The summed E-state index contributed by atoms with van der Waals surface area (Å²) in [5, 5.41) is 4.38. The summed E-state index contributed by atoms with van der Waals surface area (Å²) in [6, 6.07) is 5.92. The first kappa shape index (κ1) is 16.2. The van der Waals surface area contributed by atoms with Gasteiger partial charge in [-0.05, 0) is 44.9 Å². The zero-order valence-electron chi connectivity index (χ0n) is 13.8. The number of pyridine rings is 1. The summed E-state index contributed by atoms with van der Waals surface area (Å²) in [5.74, 6) is 0.0284. The zero-order chi connectivity index (χ0) is 16.1. The van der Waals surface area contributed by atoms with Gasteiger partial charge in [-0.1, -0.05) is 13.0 Å². The lowest BCUT2D eigenvalue weighted by atomic mass is 10.1. The summed E-state index contributed by atoms with van der Waals surface area (Å²) >= 11 is 0. The van der Waals surface area contributed by atoms with Crippen LogP contribution in [0.4, 0.5) is 0 Å². The highest BCUT2D eigenvalue weighted by atomic mass is 16.2. The number of hydrogen-bond donors (Lipinski definition) is 0. The van der Waals surface area contributed by atoms with Gasteiger partial charge in [0.1, 0.15) is 5.69 Å². The summed E-state index contributed by atoms with van der Waals surface area (Å²) in [6.45, 7) is 9.34. The first-order valence-electron chi connectivity index (χ1n) is 7.81. The maximum atomic E-state index is 13.0. The van der Waals surface area contributed by atoms with Gasteiger partial charge in [-0.3, -0.25) is 14.5 Å². The van der Waals surface area contributed by atoms with E-state index in [0.29, 0.717) is 18.8 Å². The molecule has 5 nitrogen and oxygen atoms in total. The Hall–Kier alpha value is -2.17. The summed E-state index contributed by atoms with van der Waals surface area (Å²) in [4.78, 5) is 19.0. The molecule has 0 aromatic carbocycles. The van der Waals surface area contributed by atoms with Gasteiger partial charge >= 0.3 is 0 Å². The van der Waals surface area contributed by atoms with E-state index in [1.54, 1.807) is 10.9 Å². The predicted molar refractivity (Wildman–Crippen MR) is 86.5 cm³/mol. The van der Waals surface area contributed by atoms with Crippen LogP contribution in [0.3, 0.4) is 0 Å². The van der Waals surface area contributed by atoms with Gasteiger partial charge in [0, 0.05) is 31.5 Å². The molecule has 2 rings (SSSR count). The van der Waals surface area contributed by atoms with Gasteiger partial charge in [-0.25, -0.2) is 0 Å². The van der Waals surface area contributed by atoms with Crippen molar-refractivity contribution < 1.29 is 4.79 Å². The lowest BCUT2D eigenvalue weighted by Gasteiger charge is -2.28. The van der Waals surface area contributed by atoms with Crippen molar-refractivity contribution >= 4 is 5.91 Å². The molecule has 2 aromatic rings. The fourth-order valence-electron chi connectivity index (χ4n) is 2.44. The molecule has 0 saturated carbocycles. The topological polar surface area (TPSA) is 51.0 Å². The molecule has 0 saturated heterocycles.